The minimum absolute atomic E-state index is 0.239. The van der Waals surface area contributed by atoms with Crippen LogP contribution in [0.15, 0.2) is 24.3 Å². The summed E-state index contributed by atoms with van der Waals surface area (Å²) in [6.07, 6.45) is 0. The van der Waals surface area contributed by atoms with Crippen LogP contribution in [-0.2, 0) is 4.79 Å². The van der Waals surface area contributed by atoms with Gasteiger partial charge in [0.05, 0.1) is 0 Å². The highest BCUT2D eigenvalue weighted by Crippen LogP contribution is 2.10. The van der Waals surface area contributed by atoms with E-state index < -0.39 is 6.04 Å². The molecule has 0 saturated carbocycles. The first-order chi connectivity index (χ1) is 6.65. The van der Waals surface area contributed by atoms with Crippen molar-refractivity contribution in [1.29, 1.82) is 0 Å². The third-order valence-electron chi connectivity index (χ3n) is 1.97. The number of amides is 1. The largest absolute Gasteiger partial charge is 0.316 e. The molecule has 1 atom stereocenters. The molecule has 0 aliphatic rings. The maximum Gasteiger partial charge on any atom is 0.255 e. The molecule has 4 heteroatoms. The summed E-state index contributed by atoms with van der Waals surface area (Å²) in [6, 6.07) is 6.96. The average Bonchev–Trinajstić information content (AvgIpc) is 2.18. The zero-order valence-electron chi connectivity index (χ0n) is 8.37. The van der Waals surface area contributed by atoms with E-state index in [0.717, 1.165) is 11.1 Å². The molecule has 0 spiro atoms. The maximum absolute atomic E-state index is 11.3. The lowest BCUT2D eigenvalue weighted by atomic mass is 10.1. The molecule has 0 aliphatic carbocycles. The second kappa shape index (κ2) is 4.74. The molecule has 14 heavy (non-hydrogen) atoms. The minimum Gasteiger partial charge on any atom is -0.316 e. The van der Waals surface area contributed by atoms with E-state index in [-0.39, 0.29) is 5.91 Å². The predicted molar refractivity (Wildman–Crippen MR) is 55.3 cm³/mol. The number of benzene rings is 1. The van der Waals surface area contributed by atoms with Gasteiger partial charge in [0.25, 0.3) is 5.91 Å². The van der Waals surface area contributed by atoms with Crippen molar-refractivity contribution in [3.63, 3.8) is 0 Å². The smallest absolute Gasteiger partial charge is 0.255 e. The quantitative estimate of drug-likeness (QED) is 0.603. The van der Waals surface area contributed by atoms with Crippen LogP contribution in [-0.4, -0.2) is 13.0 Å². The molecule has 0 heterocycles. The normalized spacial score (nSPS) is 12.2. The van der Waals surface area contributed by atoms with Crippen LogP contribution in [0.4, 0.5) is 0 Å². The molecule has 0 saturated heterocycles. The highest BCUT2D eigenvalue weighted by molar-refractivity contribution is 5.82. The molecule has 1 aromatic carbocycles. The summed E-state index contributed by atoms with van der Waals surface area (Å²) in [5.74, 6) is -0.239. The molecule has 4 nitrogen and oxygen atoms in total. The highest BCUT2D eigenvalue weighted by Gasteiger charge is 2.13. The van der Waals surface area contributed by atoms with Gasteiger partial charge in [-0.2, -0.15) is 0 Å². The monoisotopic (exact) mass is 193 g/mol. The van der Waals surface area contributed by atoms with Crippen molar-refractivity contribution < 1.29 is 4.79 Å². The number of carbonyl (C=O) groups is 1. The Morgan fingerprint density at radius 1 is 1.36 bits per heavy atom. The Morgan fingerprint density at radius 2 is 1.93 bits per heavy atom. The van der Waals surface area contributed by atoms with E-state index in [9.17, 15) is 4.79 Å². The summed E-state index contributed by atoms with van der Waals surface area (Å²) in [7, 11) is 1.62. The third kappa shape index (κ3) is 2.55. The number of aryl methyl sites for hydroxylation is 1. The summed E-state index contributed by atoms with van der Waals surface area (Å²) < 4.78 is 0. The van der Waals surface area contributed by atoms with Crippen molar-refractivity contribution in [2.24, 2.45) is 5.73 Å². The minimum atomic E-state index is -0.622. The lowest BCUT2D eigenvalue weighted by Crippen LogP contribution is -2.40. The molecule has 0 radical (unpaired) electrons. The lowest BCUT2D eigenvalue weighted by molar-refractivity contribution is -0.123. The number of nitrogens with two attached hydrogens (primary N) is 1. The number of nitrogens with one attached hydrogen (secondary N) is 2. The van der Waals surface area contributed by atoms with Crippen LogP contribution >= 0.6 is 0 Å². The second-order valence-corrected chi connectivity index (χ2v) is 3.13. The SMILES string of the molecule is CNNC(=O)C(N)c1ccc(C)cc1. The lowest BCUT2D eigenvalue weighted by Gasteiger charge is -2.11. The Labute approximate surface area is 83.5 Å². The summed E-state index contributed by atoms with van der Waals surface area (Å²) in [5, 5.41) is 0. The van der Waals surface area contributed by atoms with Gasteiger partial charge in [0.15, 0.2) is 0 Å². The summed E-state index contributed by atoms with van der Waals surface area (Å²) in [4.78, 5) is 11.3. The van der Waals surface area contributed by atoms with Gasteiger partial charge in [-0.25, -0.2) is 5.43 Å². The van der Waals surface area contributed by atoms with Crippen molar-refractivity contribution in [3.8, 4) is 0 Å². The van der Waals surface area contributed by atoms with Gasteiger partial charge in [-0.05, 0) is 12.5 Å². The van der Waals surface area contributed by atoms with Crippen LogP contribution in [0.2, 0.25) is 0 Å². The second-order valence-electron chi connectivity index (χ2n) is 3.13. The maximum atomic E-state index is 11.3. The summed E-state index contributed by atoms with van der Waals surface area (Å²) in [5.41, 5.74) is 12.7. The number of hydrogen-bond donors (Lipinski definition) is 3. The fraction of sp³-hybridized carbons (Fsp3) is 0.300. The zero-order valence-corrected chi connectivity index (χ0v) is 8.37. The molecule has 0 fully saturated rings. The van der Waals surface area contributed by atoms with Crippen LogP contribution in [0.3, 0.4) is 0 Å². The molecule has 1 amide bonds. The van der Waals surface area contributed by atoms with Gasteiger partial charge in [0.2, 0.25) is 0 Å². The molecular formula is C10H15N3O. The van der Waals surface area contributed by atoms with Crippen molar-refractivity contribution in [1.82, 2.24) is 10.9 Å². The molecule has 1 unspecified atom stereocenters. The first kappa shape index (κ1) is 10.7. The Bertz CT molecular complexity index is 308. The van der Waals surface area contributed by atoms with Gasteiger partial charge in [0, 0.05) is 7.05 Å². The number of rotatable bonds is 3. The van der Waals surface area contributed by atoms with Gasteiger partial charge in [-0.15, -0.1) is 0 Å². The number of hydrazine groups is 1. The molecule has 0 aromatic heterocycles. The molecule has 1 aromatic rings. The fourth-order valence-electron chi connectivity index (χ4n) is 1.13. The van der Waals surface area contributed by atoms with Crippen molar-refractivity contribution in [2.75, 3.05) is 7.05 Å². The first-order valence-corrected chi connectivity index (χ1v) is 4.44. The van der Waals surface area contributed by atoms with E-state index >= 15 is 0 Å². The molecular weight excluding hydrogens is 178 g/mol. The van der Waals surface area contributed by atoms with Crippen LogP contribution in [0.1, 0.15) is 17.2 Å². The molecule has 76 valence electrons. The van der Waals surface area contributed by atoms with Crippen molar-refractivity contribution in [3.05, 3.63) is 35.4 Å². The topological polar surface area (TPSA) is 67.1 Å². The van der Waals surface area contributed by atoms with Crippen LogP contribution in [0.25, 0.3) is 0 Å². The van der Waals surface area contributed by atoms with Crippen LogP contribution in [0, 0.1) is 6.92 Å². The van der Waals surface area contributed by atoms with E-state index in [4.69, 9.17) is 5.73 Å². The van der Waals surface area contributed by atoms with Gasteiger partial charge in [-0.1, -0.05) is 29.8 Å². The average molecular weight is 193 g/mol. The Kier molecular flexibility index (Phi) is 3.62. The number of carbonyl (C=O) groups excluding carboxylic acids is 1. The van der Waals surface area contributed by atoms with Gasteiger partial charge < -0.3 is 5.73 Å². The molecule has 0 aliphatic heterocycles. The van der Waals surface area contributed by atoms with E-state index in [2.05, 4.69) is 10.9 Å². The fourth-order valence-corrected chi connectivity index (χ4v) is 1.13. The van der Waals surface area contributed by atoms with Crippen molar-refractivity contribution in [2.45, 2.75) is 13.0 Å². The van der Waals surface area contributed by atoms with Crippen LogP contribution < -0.4 is 16.6 Å². The Balaban J connectivity index is 2.73. The van der Waals surface area contributed by atoms with E-state index in [1.807, 2.05) is 31.2 Å². The Hall–Kier alpha value is -1.39. The third-order valence-corrected chi connectivity index (χ3v) is 1.97. The zero-order chi connectivity index (χ0) is 10.6. The number of hydrogen-bond acceptors (Lipinski definition) is 3. The first-order valence-electron chi connectivity index (χ1n) is 4.44. The molecule has 4 N–H and O–H groups in total. The Morgan fingerprint density at radius 3 is 2.43 bits per heavy atom. The van der Waals surface area contributed by atoms with Crippen LogP contribution in [0.5, 0.6) is 0 Å². The summed E-state index contributed by atoms with van der Waals surface area (Å²) >= 11 is 0. The van der Waals surface area contributed by atoms with Crippen molar-refractivity contribution >= 4 is 5.91 Å². The van der Waals surface area contributed by atoms with Gasteiger partial charge in [0.1, 0.15) is 6.04 Å². The van der Waals surface area contributed by atoms with E-state index in [1.165, 1.54) is 0 Å². The standard InChI is InChI=1S/C10H15N3O/c1-7-3-5-8(6-4-7)9(11)10(14)13-12-2/h3-6,9,12H,11H2,1-2H3,(H,13,14). The summed E-state index contributed by atoms with van der Waals surface area (Å²) in [6.45, 7) is 1.99. The van der Waals surface area contributed by atoms with Gasteiger partial charge in [-0.3, -0.25) is 10.2 Å². The van der Waals surface area contributed by atoms with E-state index in [0.29, 0.717) is 0 Å². The van der Waals surface area contributed by atoms with Gasteiger partial charge >= 0.3 is 0 Å². The predicted octanol–water partition coefficient (Wildman–Crippen LogP) is 0.245. The highest BCUT2D eigenvalue weighted by atomic mass is 16.2. The van der Waals surface area contributed by atoms with E-state index in [1.54, 1.807) is 7.05 Å². The molecule has 0 bridgehead atoms. The molecule has 1 rings (SSSR count).